The number of hydrogen-bond donors (Lipinski definition) is 0. The van der Waals surface area contributed by atoms with E-state index in [0.717, 1.165) is 17.1 Å². The summed E-state index contributed by atoms with van der Waals surface area (Å²) in [7, 11) is 0. The van der Waals surface area contributed by atoms with Crippen LogP contribution in [0.4, 0.5) is 17.1 Å². The molecule has 0 amide bonds. The maximum Gasteiger partial charge on any atom is 0.0542 e. The van der Waals surface area contributed by atoms with E-state index in [2.05, 4.69) is 185 Å². The zero-order chi connectivity index (χ0) is 29.3. The van der Waals surface area contributed by atoms with Crippen LogP contribution in [0.25, 0.3) is 50.4 Å². The Labute approximate surface area is 257 Å². The molecule has 1 aromatic heterocycles. The van der Waals surface area contributed by atoms with Gasteiger partial charge >= 0.3 is 0 Å². The molecule has 7 aromatic carbocycles. The summed E-state index contributed by atoms with van der Waals surface area (Å²) >= 11 is 0. The SMILES string of the molecule is C(=Cc1ccc(N(c2ccccc2)c2ccc3c(c2)c2ccccc2n3-c2ccc3ccccc3c2)cc1)c1ccccc1. The summed E-state index contributed by atoms with van der Waals surface area (Å²) in [5, 5.41) is 4.96. The Bertz CT molecular complexity index is 2260. The number of benzene rings is 7. The highest BCUT2D eigenvalue weighted by Crippen LogP contribution is 2.40. The van der Waals surface area contributed by atoms with E-state index in [0.29, 0.717) is 0 Å². The summed E-state index contributed by atoms with van der Waals surface area (Å²) < 4.78 is 2.39. The summed E-state index contributed by atoms with van der Waals surface area (Å²) in [4.78, 5) is 2.34. The first-order valence-corrected chi connectivity index (χ1v) is 15.0. The van der Waals surface area contributed by atoms with Crippen LogP contribution in [0.5, 0.6) is 0 Å². The molecule has 0 bridgehead atoms. The Kier molecular flexibility index (Phi) is 6.51. The first-order valence-electron chi connectivity index (χ1n) is 15.0. The van der Waals surface area contributed by atoms with Gasteiger partial charge in [-0.3, -0.25) is 0 Å². The van der Waals surface area contributed by atoms with Crippen molar-refractivity contribution in [3.63, 3.8) is 0 Å². The van der Waals surface area contributed by atoms with Crippen LogP contribution in [-0.4, -0.2) is 4.57 Å². The van der Waals surface area contributed by atoms with Gasteiger partial charge in [0.2, 0.25) is 0 Å². The van der Waals surface area contributed by atoms with Crippen molar-refractivity contribution in [2.75, 3.05) is 4.90 Å². The lowest BCUT2D eigenvalue weighted by atomic mass is 10.1. The van der Waals surface area contributed by atoms with Gasteiger partial charge in [0.25, 0.3) is 0 Å². The first-order chi connectivity index (χ1) is 21.8. The molecule has 208 valence electrons. The molecule has 8 rings (SSSR count). The highest BCUT2D eigenvalue weighted by molar-refractivity contribution is 6.11. The van der Waals surface area contributed by atoms with Crippen LogP contribution >= 0.6 is 0 Å². The van der Waals surface area contributed by atoms with Crippen molar-refractivity contribution in [3.05, 3.63) is 181 Å². The molecule has 44 heavy (non-hydrogen) atoms. The third kappa shape index (κ3) is 4.73. The second-order valence-corrected chi connectivity index (χ2v) is 11.1. The Morgan fingerprint density at radius 2 is 0.977 bits per heavy atom. The number of anilines is 3. The fourth-order valence-corrected chi connectivity index (χ4v) is 6.21. The van der Waals surface area contributed by atoms with Gasteiger partial charge in [-0.2, -0.15) is 0 Å². The van der Waals surface area contributed by atoms with Crippen LogP contribution in [0.1, 0.15) is 11.1 Å². The Morgan fingerprint density at radius 1 is 0.386 bits per heavy atom. The molecule has 0 N–H and O–H groups in total. The Morgan fingerprint density at radius 3 is 1.77 bits per heavy atom. The second-order valence-electron chi connectivity index (χ2n) is 11.1. The third-order valence-corrected chi connectivity index (χ3v) is 8.34. The zero-order valence-electron chi connectivity index (χ0n) is 24.2. The van der Waals surface area contributed by atoms with Crippen molar-refractivity contribution in [3.8, 4) is 5.69 Å². The summed E-state index contributed by atoms with van der Waals surface area (Å²) in [5.41, 5.74) is 9.29. The van der Waals surface area contributed by atoms with E-state index < -0.39 is 0 Å². The van der Waals surface area contributed by atoms with Crippen molar-refractivity contribution < 1.29 is 0 Å². The summed E-state index contributed by atoms with van der Waals surface area (Å²) in [5.74, 6) is 0. The number of aromatic nitrogens is 1. The van der Waals surface area contributed by atoms with Gasteiger partial charge < -0.3 is 9.47 Å². The van der Waals surface area contributed by atoms with E-state index in [-0.39, 0.29) is 0 Å². The fraction of sp³-hybridized carbons (Fsp3) is 0. The van der Waals surface area contributed by atoms with Gasteiger partial charge in [0.05, 0.1) is 11.0 Å². The lowest BCUT2D eigenvalue weighted by Crippen LogP contribution is -2.09. The minimum Gasteiger partial charge on any atom is -0.310 e. The number of fused-ring (bicyclic) bond motifs is 4. The van der Waals surface area contributed by atoms with Crippen molar-refractivity contribution >= 4 is 61.8 Å². The molecule has 0 atom stereocenters. The molecule has 0 radical (unpaired) electrons. The smallest absolute Gasteiger partial charge is 0.0542 e. The first kappa shape index (κ1) is 25.8. The molecule has 2 nitrogen and oxygen atoms in total. The van der Waals surface area contributed by atoms with Crippen LogP contribution in [-0.2, 0) is 0 Å². The van der Waals surface area contributed by atoms with E-state index >= 15 is 0 Å². The lowest BCUT2D eigenvalue weighted by Gasteiger charge is -2.25. The predicted octanol–water partition coefficient (Wildman–Crippen LogP) is 11.6. The topological polar surface area (TPSA) is 8.17 Å². The van der Waals surface area contributed by atoms with E-state index in [1.165, 1.54) is 49.4 Å². The summed E-state index contributed by atoms with van der Waals surface area (Å²) in [6.07, 6.45) is 4.32. The summed E-state index contributed by atoms with van der Waals surface area (Å²) in [6, 6.07) is 60.7. The molecule has 0 aliphatic heterocycles. The van der Waals surface area contributed by atoms with Crippen LogP contribution in [0.15, 0.2) is 170 Å². The maximum atomic E-state index is 2.39. The quantitative estimate of drug-likeness (QED) is 0.183. The minimum absolute atomic E-state index is 1.12. The second kappa shape index (κ2) is 11.1. The highest BCUT2D eigenvalue weighted by atomic mass is 15.1. The predicted molar refractivity (Wildman–Crippen MR) is 188 cm³/mol. The van der Waals surface area contributed by atoms with Crippen molar-refractivity contribution in [2.24, 2.45) is 0 Å². The van der Waals surface area contributed by atoms with Crippen LogP contribution in [0.3, 0.4) is 0 Å². The van der Waals surface area contributed by atoms with Crippen molar-refractivity contribution in [1.29, 1.82) is 0 Å². The lowest BCUT2D eigenvalue weighted by molar-refractivity contribution is 1.18. The highest BCUT2D eigenvalue weighted by Gasteiger charge is 2.17. The molecular weight excluding hydrogens is 532 g/mol. The number of nitrogens with zero attached hydrogens (tertiary/aromatic N) is 2. The molecule has 0 saturated heterocycles. The van der Waals surface area contributed by atoms with Gasteiger partial charge in [-0.05, 0) is 82.6 Å². The van der Waals surface area contributed by atoms with Crippen LogP contribution in [0, 0.1) is 0 Å². The fourth-order valence-electron chi connectivity index (χ4n) is 6.21. The molecule has 0 aliphatic carbocycles. The summed E-state index contributed by atoms with van der Waals surface area (Å²) in [6.45, 7) is 0. The van der Waals surface area contributed by atoms with Gasteiger partial charge in [0.15, 0.2) is 0 Å². The minimum atomic E-state index is 1.12. The molecule has 0 spiro atoms. The molecule has 0 unspecified atom stereocenters. The average Bonchev–Trinajstić information content (AvgIpc) is 3.42. The van der Waals surface area contributed by atoms with E-state index in [1.54, 1.807) is 0 Å². The van der Waals surface area contributed by atoms with Gasteiger partial charge in [-0.25, -0.2) is 0 Å². The molecule has 1 heterocycles. The largest absolute Gasteiger partial charge is 0.310 e. The molecule has 2 heteroatoms. The standard InChI is InChI=1S/C42H30N2/c1-3-11-31(12-4-1)19-20-32-21-24-36(25-22-32)43(35-15-5-2-6-16-35)38-27-28-42-40(30-38)39-17-9-10-18-41(39)44(42)37-26-23-33-13-7-8-14-34(33)29-37/h1-30H. The number of rotatable bonds is 6. The average molecular weight is 563 g/mol. The molecule has 8 aromatic rings. The Hall–Kier alpha value is -5.86. The van der Waals surface area contributed by atoms with E-state index in [9.17, 15) is 0 Å². The molecular formula is C42H30N2. The van der Waals surface area contributed by atoms with Crippen LogP contribution < -0.4 is 4.90 Å². The molecule has 0 aliphatic rings. The molecule has 0 fully saturated rings. The van der Waals surface area contributed by atoms with Crippen molar-refractivity contribution in [2.45, 2.75) is 0 Å². The number of hydrogen-bond acceptors (Lipinski definition) is 1. The van der Waals surface area contributed by atoms with Gasteiger partial charge in [-0.15, -0.1) is 0 Å². The monoisotopic (exact) mass is 562 g/mol. The van der Waals surface area contributed by atoms with Gasteiger partial charge in [-0.1, -0.05) is 121 Å². The normalized spacial score (nSPS) is 11.5. The Balaban J connectivity index is 1.25. The maximum absolute atomic E-state index is 2.39. The molecule has 0 saturated carbocycles. The zero-order valence-corrected chi connectivity index (χ0v) is 24.2. The third-order valence-electron chi connectivity index (χ3n) is 8.34. The van der Waals surface area contributed by atoms with E-state index in [4.69, 9.17) is 0 Å². The van der Waals surface area contributed by atoms with Crippen LogP contribution in [0.2, 0.25) is 0 Å². The van der Waals surface area contributed by atoms with Gasteiger partial charge in [0.1, 0.15) is 0 Å². The van der Waals surface area contributed by atoms with Gasteiger partial charge in [0, 0.05) is 33.5 Å². The van der Waals surface area contributed by atoms with Crippen molar-refractivity contribution in [1.82, 2.24) is 4.57 Å². The van der Waals surface area contributed by atoms with E-state index in [1.807, 2.05) is 6.07 Å². The number of para-hydroxylation sites is 2.